The molecule has 36 heavy (non-hydrogen) atoms. The van der Waals surface area contributed by atoms with Gasteiger partial charge in [-0.05, 0) is 48.5 Å². The zero-order valence-corrected chi connectivity index (χ0v) is 18.9. The molecule has 0 aliphatic heterocycles. The highest BCUT2D eigenvalue weighted by molar-refractivity contribution is 6.13. The summed E-state index contributed by atoms with van der Waals surface area (Å²) in [6.07, 6.45) is 0. The average Bonchev–Trinajstić information content (AvgIpc) is 2.84. The van der Waals surface area contributed by atoms with E-state index < -0.39 is 11.6 Å². The average molecular weight is 490 g/mol. The van der Waals surface area contributed by atoms with Gasteiger partial charge in [0.2, 0.25) is 0 Å². The smallest absolute Gasteiger partial charge is 0.200 e. The molecular weight excluding hydrogens is 468 g/mol. The number of carbonyl (C=O) groups is 2. The number of ketones is 2. The van der Waals surface area contributed by atoms with Crippen molar-refractivity contribution in [2.45, 2.75) is 0 Å². The third-order valence-corrected chi connectivity index (χ3v) is 5.05. The van der Waals surface area contributed by atoms with Crippen LogP contribution in [0, 0.1) is 0 Å². The number of hydrogen-bond acceptors (Lipinski definition) is 9. The van der Waals surface area contributed by atoms with Gasteiger partial charge in [0.05, 0.1) is 29.4 Å². The fraction of sp³-hybridized carbons (Fsp3) is 0.0370. The van der Waals surface area contributed by atoms with E-state index in [1.165, 1.54) is 55.6 Å². The third-order valence-electron chi connectivity index (χ3n) is 5.05. The second-order valence-corrected chi connectivity index (χ2v) is 7.46. The Morgan fingerprint density at radius 1 is 0.528 bits per heavy atom. The van der Waals surface area contributed by atoms with Crippen LogP contribution in [0.25, 0.3) is 0 Å². The van der Waals surface area contributed by atoms with Gasteiger partial charge in [-0.15, -0.1) is 0 Å². The van der Waals surface area contributed by atoms with Crippen LogP contribution in [0.15, 0.2) is 78.9 Å². The number of ether oxygens (including phenoxy) is 1. The topological polar surface area (TPSA) is 165 Å². The predicted octanol–water partition coefficient (Wildman–Crippen LogP) is 4.08. The van der Waals surface area contributed by atoms with Gasteiger partial charge in [-0.3, -0.25) is 9.59 Å². The molecule has 0 saturated heterocycles. The van der Waals surface area contributed by atoms with Crippen LogP contribution in [0.3, 0.4) is 0 Å². The second-order valence-electron chi connectivity index (χ2n) is 7.46. The van der Waals surface area contributed by atoms with E-state index in [0.29, 0.717) is 5.75 Å². The third kappa shape index (κ3) is 5.65. The fourth-order valence-corrected chi connectivity index (χ4v) is 3.21. The molecule has 0 aliphatic rings. The highest BCUT2D eigenvalue weighted by Crippen LogP contribution is 2.30. The Labute approximate surface area is 205 Å². The summed E-state index contributed by atoms with van der Waals surface area (Å²) in [5.41, 5.74) is 0.179. The maximum Gasteiger partial charge on any atom is 0.200 e. The summed E-state index contributed by atoms with van der Waals surface area (Å²) < 4.78 is 4.94. The maximum atomic E-state index is 12.1. The molecule has 4 rings (SSSR count). The van der Waals surface area contributed by atoms with Gasteiger partial charge in [-0.25, -0.2) is 0 Å². The first-order valence-corrected chi connectivity index (χ1v) is 10.4. The van der Waals surface area contributed by atoms with Crippen molar-refractivity contribution in [1.82, 2.24) is 0 Å². The highest BCUT2D eigenvalue weighted by Gasteiger charge is 2.18. The van der Waals surface area contributed by atoms with E-state index in [-0.39, 0.29) is 56.8 Å². The lowest BCUT2D eigenvalue weighted by Crippen LogP contribution is -2.02. The van der Waals surface area contributed by atoms with Crippen molar-refractivity contribution < 1.29 is 45.0 Å². The number of carbonyl (C=O) groups excluding carboxylic acids is 2. The van der Waals surface area contributed by atoms with Crippen LogP contribution in [0.5, 0.6) is 40.2 Å². The molecule has 4 aromatic rings. The Balaban J connectivity index is 0.000000201. The zero-order valence-electron chi connectivity index (χ0n) is 18.9. The molecule has 9 nitrogen and oxygen atoms in total. The minimum Gasteiger partial charge on any atom is -0.508 e. The van der Waals surface area contributed by atoms with Crippen LogP contribution in [0.4, 0.5) is 0 Å². The zero-order chi connectivity index (χ0) is 26.4. The molecule has 0 aromatic heterocycles. The summed E-state index contributed by atoms with van der Waals surface area (Å²) >= 11 is 0. The molecule has 9 heteroatoms. The first kappa shape index (κ1) is 25.4. The SMILES string of the molecule is COc1ccc(C(=O)c2ccccc2O)c(O)c1.O=C(c1ccc(O)cc1O)c1ccc(O)cc1O. The predicted molar refractivity (Wildman–Crippen MR) is 129 cm³/mol. The van der Waals surface area contributed by atoms with Crippen LogP contribution >= 0.6 is 0 Å². The molecule has 184 valence electrons. The van der Waals surface area contributed by atoms with Crippen LogP contribution in [-0.2, 0) is 0 Å². The molecule has 4 aromatic carbocycles. The maximum absolute atomic E-state index is 12.1. The number of rotatable bonds is 5. The fourth-order valence-electron chi connectivity index (χ4n) is 3.21. The van der Waals surface area contributed by atoms with E-state index in [1.807, 2.05) is 0 Å². The van der Waals surface area contributed by atoms with Gasteiger partial charge in [-0.2, -0.15) is 0 Å². The van der Waals surface area contributed by atoms with Crippen molar-refractivity contribution in [1.29, 1.82) is 0 Å². The normalized spacial score (nSPS) is 10.1. The van der Waals surface area contributed by atoms with Gasteiger partial charge in [-0.1, -0.05) is 12.1 Å². The number of phenolic OH excluding ortho intramolecular Hbond substituents is 6. The molecule has 0 bridgehead atoms. The molecule has 0 spiro atoms. The second kappa shape index (κ2) is 10.8. The highest BCUT2D eigenvalue weighted by atomic mass is 16.5. The number of methoxy groups -OCH3 is 1. The van der Waals surface area contributed by atoms with Crippen molar-refractivity contribution in [3.63, 3.8) is 0 Å². The molecule has 0 aliphatic carbocycles. The molecule has 6 N–H and O–H groups in total. The number of para-hydroxylation sites is 1. The number of aromatic hydroxyl groups is 6. The van der Waals surface area contributed by atoms with E-state index in [0.717, 1.165) is 12.1 Å². The lowest BCUT2D eigenvalue weighted by atomic mass is 10.0. The number of phenols is 6. The quantitative estimate of drug-likeness (QED) is 0.226. The summed E-state index contributed by atoms with van der Waals surface area (Å²) in [5.74, 6) is -1.97. The summed E-state index contributed by atoms with van der Waals surface area (Å²) in [4.78, 5) is 24.2. The largest absolute Gasteiger partial charge is 0.508 e. The Bertz CT molecular complexity index is 1370. The Hall–Kier alpha value is -5.18. The van der Waals surface area contributed by atoms with Crippen LogP contribution < -0.4 is 4.74 Å². The first-order valence-electron chi connectivity index (χ1n) is 10.4. The van der Waals surface area contributed by atoms with E-state index in [4.69, 9.17) is 14.9 Å². The van der Waals surface area contributed by atoms with E-state index in [9.17, 15) is 30.0 Å². The van der Waals surface area contributed by atoms with E-state index >= 15 is 0 Å². The summed E-state index contributed by atoms with van der Waals surface area (Å²) in [5, 5.41) is 56.7. The van der Waals surface area contributed by atoms with Crippen molar-refractivity contribution in [3.8, 4) is 40.2 Å². The van der Waals surface area contributed by atoms with Crippen LogP contribution in [0.2, 0.25) is 0 Å². The summed E-state index contributed by atoms with van der Waals surface area (Å²) in [6.45, 7) is 0. The van der Waals surface area contributed by atoms with Gasteiger partial charge in [0.1, 0.15) is 40.2 Å². The summed E-state index contributed by atoms with van der Waals surface area (Å²) in [6, 6.07) is 17.7. The van der Waals surface area contributed by atoms with E-state index in [2.05, 4.69) is 0 Å². The van der Waals surface area contributed by atoms with Gasteiger partial charge in [0, 0.05) is 18.2 Å². The lowest BCUT2D eigenvalue weighted by Gasteiger charge is -2.07. The summed E-state index contributed by atoms with van der Waals surface area (Å²) in [7, 11) is 1.47. The van der Waals surface area contributed by atoms with Gasteiger partial charge >= 0.3 is 0 Å². The first-order chi connectivity index (χ1) is 17.1. The van der Waals surface area contributed by atoms with Gasteiger partial charge < -0.3 is 35.4 Å². The van der Waals surface area contributed by atoms with Crippen molar-refractivity contribution in [2.75, 3.05) is 7.11 Å². The van der Waals surface area contributed by atoms with Crippen molar-refractivity contribution in [2.24, 2.45) is 0 Å². The van der Waals surface area contributed by atoms with Crippen LogP contribution in [0.1, 0.15) is 31.8 Å². The van der Waals surface area contributed by atoms with Crippen molar-refractivity contribution in [3.05, 3.63) is 101 Å². The molecule has 0 heterocycles. The van der Waals surface area contributed by atoms with Crippen molar-refractivity contribution >= 4 is 11.6 Å². The standard InChI is InChI=1S/C14H12O4.C13H10O5/c1-18-9-6-7-11(13(16)8-9)14(17)10-4-2-3-5-12(10)15;14-7-1-3-9(11(16)5-7)13(18)10-4-2-8(15)6-12(10)17/h2-8,15-16H,1H3;1-6,14-17H. The monoisotopic (exact) mass is 490 g/mol. The minimum absolute atomic E-state index is 0.0474. The number of hydrogen-bond donors (Lipinski definition) is 6. The Morgan fingerprint density at radius 3 is 1.36 bits per heavy atom. The minimum atomic E-state index is -0.606. The van der Waals surface area contributed by atoms with Gasteiger partial charge in [0.15, 0.2) is 11.6 Å². The molecule has 0 amide bonds. The molecule has 0 radical (unpaired) electrons. The van der Waals surface area contributed by atoms with E-state index in [1.54, 1.807) is 18.2 Å². The lowest BCUT2D eigenvalue weighted by molar-refractivity contribution is 0.102. The number of benzene rings is 4. The Kier molecular flexibility index (Phi) is 7.65. The van der Waals surface area contributed by atoms with Gasteiger partial charge in [0.25, 0.3) is 0 Å². The molecule has 0 unspecified atom stereocenters. The Morgan fingerprint density at radius 2 is 0.944 bits per heavy atom. The molecule has 0 atom stereocenters. The van der Waals surface area contributed by atoms with Crippen LogP contribution in [-0.4, -0.2) is 49.3 Å². The molecule has 0 saturated carbocycles. The molecular formula is C27H22O9. The molecule has 0 fully saturated rings.